The van der Waals surface area contributed by atoms with Gasteiger partial charge in [0.2, 0.25) is 0 Å². The lowest BCUT2D eigenvalue weighted by Crippen LogP contribution is -2.23. The number of benzene rings is 1. The molecule has 0 bridgehead atoms. The summed E-state index contributed by atoms with van der Waals surface area (Å²) in [7, 11) is 0. The van der Waals surface area contributed by atoms with Crippen LogP contribution >= 0.6 is 11.6 Å². The molecule has 7 heteroatoms. The van der Waals surface area contributed by atoms with E-state index in [0.29, 0.717) is 6.54 Å². The molecule has 1 aromatic heterocycles. The number of hydrogen-bond donors (Lipinski definition) is 1. The van der Waals surface area contributed by atoms with Crippen molar-refractivity contribution in [2.75, 3.05) is 0 Å². The van der Waals surface area contributed by atoms with Gasteiger partial charge in [-0.2, -0.15) is 0 Å². The number of hydrogen-bond acceptors (Lipinski definition) is 3. The summed E-state index contributed by atoms with van der Waals surface area (Å²) in [6, 6.07) is 5.90. The standard InChI is InChI=1S/C15H16ClN3O3/c1-2-6-18-7-5-11(10-18)9-17-15(20)13-4-3-12(16)8-14(13)19(21)22/h3-5,7-8,10H,2,6,9H2,1H3,(H,17,20). The number of nitrogens with zero attached hydrogens (tertiary/aromatic N) is 2. The fourth-order valence-electron chi connectivity index (χ4n) is 2.12. The van der Waals surface area contributed by atoms with Gasteiger partial charge in [0.05, 0.1) is 4.92 Å². The van der Waals surface area contributed by atoms with E-state index < -0.39 is 10.8 Å². The molecule has 0 unspecified atom stereocenters. The Bertz CT molecular complexity index is 697. The molecule has 22 heavy (non-hydrogen) atoms. The highest BCUT2D eigenvalue weighted by Gasteiger charge is 2.20. The lowest BCUT2D eigenvalue weighted by atomic mass is 10.1. The maximum atomic E-state index is 12.1. The largest absolute Gasteiger partial charge is 0.354 e. The number of aromatic nitrogens is 1. The van der Waals surface area contributed by atoms with Gasteiger partial charge >= 0.3 is 0 Å². The van der Waals surface area contributed by atoms with Gasteiger partial charge in [-0.15, -0.1) is 0 Å². The van der Waals surface area contributed by atoms with Gasteiger partial charge in [0.25, 0.3) is 11.6 Å². The molecule has 0 fully saturated rings. The monoisotopic (exact) mass is 321 g/mol. The summed E-state index contributed by atoms with van der Waals surface area (Å²) in [5, 5.41) is 13.9. The topological polar surface area (TPSA) is 77.2 Å². The first-order valence-corrected chi connectivity index (χ1v) is 7.26. The molecular weight excluding hydrogens is 306 g/mol. The van der Waals surface area contributed by atoms with Crippen LogP contribution in [0.5, 0.6) is 0 Å². The molecule has 0 aliphatic rings. The molecule has 0 atom stereocenters. The zero-order valence-electron chi connectivity index (χ0n) is 12.1. The third-order valence-electron chi connectivity index (χ3n) is 3.15. The Morgan fingerprint density at radius 2 is 2.18 bits per heavy atom. The van der Waals surface area contributed by atoms with Gasteiger partial charge in [0, 0.05) is 36.6 Å². The number of halogens is 1. The molecule has 0 aliphatic carbocycles. The minimum Gasteiger partial charge on any atom is -0.354 e. The quantitative estimate of drug-likeness (QED) is 0.654. The second kappa shape index (κ2) is 7.09. The minimum atomic E-state index is -0.613. The molecule has 1 heterocycles. The van der Waals surface area contributed by atoms with Crippen molar-refractivity contribution in [2.45, 2.75) is 26.4 Å². The molecule has 6 nitrogen and oxygen atoms in total. The SMILES string of the molecule is CCCn1ccc(CNC(=O)c2ccc(Cl)cc2[N+](=O)[O-])c1. The first-order valence-electron chi connectivity index (χ1n) is 6.88. The summed E-state index contributed by atoms with van der Waals surface area (Å²) in [4.78, 5) is 22.5. The summed E-state index contributed by atoms with van der Waals surface area (Å²) >= 11 is 5.73. The van der Waals surface area contributed by atoms with Gasteiger partial charge in [-0.05, 0) is 30.2 Å². The molecule has 0 aliphatic heterocycles. The fourth-order valence-corrected chi connectivity index (χ4v) is 2.28. The van der Waals surface area contributed by atoms with Crippen LogP contribution in [0.1, 0.15) is 29.3 Å². The highest BCUT2D eigenvalue weighted by molar-refractivity contribution is 6.31. The molecule has 2 aromatic rings. The second-order valence-electron chi connectivity index (χ2n) is 4.86. The number of nitro groups is 1. The first-order chi connectivity index (χ1) is 10.5. The van der Waals surface area contributed by atoms with E-state index in [-0.39, 0.29) is 16.3 Å². The summed E-state index contributed by atoms with van der Waals surface area (Å²) in [6.07, 6.45) is 4.91. The van der Waals surface area contributed by atoms with Gasteiger partial charge in [-0.25, -0.2) is 0 Å². The van der Waals surface area contributed by atoms with Gasteiger partial charge in [-0.3, -0.25) is 14.9 Å². The van der Waals surface area contributed by atoms with Crippen molar-refractivity contribution in [3.8, 4) is 0 Å². The average Bonchev–Trinajstić information content (AvgIpc) is 2.92. The van der Waals surface area contributed by atoms with Crippen LogP contribution in [0, 0.1) is 10.1 Å². The van der Waals surface area contributed by atoms with E-state index in [9.17, 15) is 14.9 Å². The number of carbonyl (C=O) groups is 1. The summed E-state index contributed by atoms with van der Waals surface area (Å²) < 4.78 is 2.03. The second-order valence-corrected chi connectivity index (χ2v) is 5.30. The van der Waals surface area contributed by atoms with E-state index in [0.717, 1.165) is 18.5 Å². The predicted octanol–water partition coefficient (Wildman–Crippen LogP) is 3.39. The number of aryl methyl sites for hydroxylation is 1. The molecule has 2 rings (SSSR count). The molecule has 1 N–H and O–H groups in total. The van der Waals surface area contributed by atoms with E-state index in [4.69, 9.17) is 11.6 Å². The number of carbonyl (C=O) groups excluding carboxylic acids is 1. The van der Waals surface area contributed by atoms with Crippen molar-refractivity contribution >= 4 is 23.2 Å². The van der Waals surface area contributed by atoms with Crippen molar-refractivity contribution in [3.05, 3.63) is 62.9 Å². The van der Waals surface area contributed by atoms with E-state index >= 15 is 0 Å². The highest BCUT2D eigenvalue weighted by atomic mass is 35.5. The van der Waals surface area contributed by atoms with Crippen LogP contribution in [0.15, 0.2) is 36.7 Å². The van der Waals surface area contributed by atoms with Crippen molar-refractivity contribution in [3.63, 3.8) is 0 Å². The Kier molecular flexibility index (Phi) is 5.16. The van der Waals surface area contributed by atoms with Crippen LogP contribution < -0.4 is 5.32 Å². The van der Waals surface area contributed by atoms with Crippen LogP contribution in [0.4, 0.5) is 5.69 Å². The molecule has 116 valence electrons. The first kappa shape index (κ1) is 16.0. The zero-order valence-corrected chi connectivity index (χ0v) is 12.8. The van der Waals surface area contributed by atoms with Crippen LogP contribution in [0.25, 0.3) is 0 Å². The predicted molar refractivity (Wildman–Crippen MR) is 84.0 cm³/mol. The molecule has 0 saturated carbocycles. The minimum absolute atomic E-state index is 0.00221. The zero-order chi connectivity index (χ0) is 16.1. The van der Waals surface area contributed by atoms with Crippen molar-refractivity contribution in [2.24, 2.45) is 0 Å². The number of amides is 1. The maximum Gasteiger partial charge on any atom is 0.283 e. The fraction of sp³-hybridized carbons (Fsp3) is 0.267. The molecule has 0 saturated heterocycles. The normalized spacial score (nSPS) is 10.5. The molecule has 1 amide bonds. The summed E-state index contributed by atoms with van der Waals surface area (Å²) in [6.45, 7) is 3.31. The van der Waals surface area contributed by atoms with Crippen molar-refractivity contribution < 1.29 is 9.72 Å². The number of nitro benzene ring substituents is 1. The number of rotatable bonds is 6. The van der Waals surface area contributed by atoms with Gasteiger partial charge in [-0.1, -0.05) is 18.5 Å². The van der Waals surface area contributed by atoms with Crippen LogP contribution in [-0.4, -0.2) is 15.4 Å². The molecular formula is C15H16ClN3O3. The van der Waals surface area contributed by atoms with Crippen molar-refractivity contribution in [1.29, 1.82) is 0 Å². The van der Waals surface area contributed by atoms with E-state index in [2.05, 4.69) is 12.2 Å². The molecule has 1 aromatic carbocycles. The molecule has 0 radical (unpaired) electrons. The summed E-state index contributed by atoms with van der Waals surface area (Å²) in [5.41, 5.74) is 0.648. The van der Waals surface area contributed by atoms with Gasteiger partial charge < -0.3 is 9.88 Å². The van der Waals surface area contributed by atoms with E-state index in [1.165, 1.54) is 18.2 Å². The summed E-state index contributed by atoms with van der Waals surface area (Å²) in [5.74, 6) is -0.494. The van der Waals surface area contributed by atoms with Crippen LogP contribution in [0.3, 0.4) is 0 Å². The van der Waals surface area contributed by atoms with E-state index in [1.54, 1.807) is 0 Å². The number of nitrogens with one attached hydrogen (secondary N) is 1. The van der Waals surface area contributed by atoms with Gasteiger partial charge in [0.15, 0.2) is 0 Å². The Labute approximate surface area is 132 Å². The lowest BCUT2D eigenvalue weighted by Gasteiger charge is -2.05. The van der Waals surface area contributed by atoms with Crippen molar-refractivity contribution in [1.82, 2.24) is 9.88 Å². The smallest absolute Gasteiger partial charge is 0.283 e. The van der Waals surface area contributed by atoms with E-state index in [1.807, 2.05) is 23.0 Å². The molecule has 0 spiro atoms. The van der Waals surface area contributed by atoms with Crippen LogP contribution in [0.2, 0.25) is 5.02 Å². The average molecular weight is 322 g/mol. The Hall–Kier alpha value is -2.34. The maximum absolute atomic E-state index is 12.1. The lowest BCUT2D eigenvalue weighted by molar-refractivity contribution is -0.385. The third kappa shape index (κ3) is 3.85. The van der Waals surface area contributed by atoms with Crippen LogP contribution in [-0.2, 0) is 13.1 Å². The Morgan fingerprint density at radius 1 is 1.41 bits per heavy atom. The van der Waals surface area contributed by atoms with Gasteiger partial charge in [0.1, 0.15) is 5.56 Å². The Balaban J connectivity index is 2.07. The third-order valence-corrected chi connectivity index (χ3v) is 3.38. The highest BCUT2D eigenvalue weighted by Crippen LogP contribution is 2.23. The Morgan fingerprint density at radius 3 is 2.86 bits per heavy atom.